The lowest BCUT2D eigenvalue weighted by Crippen LogP contribution is -2.48. The van der Waals surface area contributed by atoms with Crippen molar-refractivity contribution in [2.24, 2.45) is 0 Å². The van der Waals surface area contributed by atoms with E-state index >= 15 is 0 Å². The molecule has 26 heavy (non-hydrogen) atoms. The number of fused-ring (bicyclic) bond motifs is 1. The Morgan fingerprint density at radius 3 is 2.54 bits per heavy atom. The molecule has 0 amide bonds. The van der Waals surface area contributed by atoms with E-state index in [9.17, 15) is 8.42 Å². The van der Waals surface area contributed by atoms with Crippen LogP contribution in [0.25, 0.3) is 11.1 Å². The van der Waals surface area contributed by atoms with E-state index in [1.54, 1.807) is 22.5 Å². The third-order valence-corrected chi connectivity index (χ3v) is 6.55. The molecule has 7 heteroatoms. The summed E-state index contributed by atoms with van der Waals surface area (Å²) in [6.45, 7) is 4.74. The highest BCUT2D eigenvalue weighted by Gasteiger charge is 2.29. The number of hydrogen-bond donors (Lipinski definition) is 0. The summed E-state index contributed by atoms with van der Waals surface area (Å²) < 4.78 is 32.9. The van der Waals surface area contributed by atoms with Crippen LogP contribution in [0.5, 0.6) is 0 Å². The zero-order chi connectivity index (χ0) is 18.1. The van der Waals surface area contributed by atoms with Crippen molar-refractivity contribution >= 4 is 21.1 Å². The van der Waals surface area contributed by atoms with E-state index in [1.807, 2.05) is 37.3 Å². The van der Waals surface area contributed by atoms with Crippen LogP contribution in [0.3, 0.4) is 0 Å². The first-order chi connectivity index (χ1) is 12.5. The van der Waals surface area contributed by atoms with Gasteiger partial charge >= 0.3 is 0 Å². The second-order valence-corrected chi connectivity index (χ2v) is 8.51. The summed E-state index contributed by atoms with van der Waals surface area (Å²) in [5.74, 6) is 0.668. The van der Waals surface area contributed by atoms with Gasteiger partial charge in [0.2, 0.25) is 15.9 Å². The Bertz CT molecular complexity index is 988. The lowest BCUT2D eigenvalue weighted by atomic mass is 10.2. The lowest BCUT2D eigenvalue weighted by Gasteiger charge is -2.33. The monoisotopic (exact) mass is 371 g/mol. The van der Waals surface area contributed by atoms with Crippen molar-refractivity contribution in [3.63, 3.8) is 0 Å². The van der Waals surface area contributed by atoms with Crippen LogP contribution in [0.15, 0.2) is 57.8 Å². The van der Waals surface area contributed by atoms with E-state index in [4.69, 9.17) is 4.42 Å². The average Bonchev–Trinajstić information content (AvgIpc) is 3.04. The van der Waals surface area contributed by atoms with Crippen molar-refractivity contribution in [2.45, 2.75) is 18.4 Å². The highest BCUT2D eigenvalue weighted by molar-refractivity contribution is 7.89. The van der Waals surface area contributed by atoms with Crippen molar-refractivity contribution in [1.29, 1.82) is 0 Å². The van der Waals surface area contributed by atoms with E-state index in [-0.39, 0.29) is 0 Å². The number of aromatic nitrogens is 1. The lowest BCUT2D eigenvalue weighted by molar-refractivity contribution is 0.169. The molecular formula is C19H21N3O3S. The third kappa shape index (κ3) is 3.38. The molecule has 2 aromatic carbocycles. The number of nitrogens with zero attached hydrogens (tertiary/aromatic N) is 3. The Balaban J connectivity index is 1.42. The van der Waals surface area contributed by atoms with Gasteiger partial charge in [-0.05, 0) is 36.8 Å². The molecule has 0 bridgehead atoms. The fourth-order valence-corrected chi connectivity index (χ4v) is 4.76. The Morgan fingerprint density at radius 1 is 1.04 bits per heavy atom. The topological polar surface area (TPSA) is 66.7 Å². The van der Waals surface area contributed by atoms with Crippen LogP contribution in [0.4, 0.5) is 0 Å². The second kappa shape index (κ2) is 6.83. The summed E-state index contributed by atoms with van der Waals surface area (Å²) in [6.07, 6.45) is 0. The van der Waals surface area contributed by atoms with E-state index < -0.39 is 10.0 Å². The van der Waals surface area contributed by atoms with Crippen LogP contribution in [-0.4, -0.2) is 48.8 Å². The van der Waals surface area contributed by atoms with Crippen molar-refractivity contribution in [3.05, 3.63) is 60.0 Å². The molecule has 1 fully saturated rings. The fourth-order valence-electron chi connectivity index (χ4n) is 3.23. The van der Waals surface area contributed by atoms with Crippen molar-refractivity contribution < 1.29 is 12.8 Å². The van der Waals surface area contributed by atoms with E-state index in [0.717, 1.165) is 16.7 Å². The smallest absolute Gasteiger partial charge is 0.243 e. The first-order valence-corrected chi connectivity index (χ1v) is 10.1. The molecule has 6 nitrogen and oxygen atoms in total. The van der Waals surface area contributed by atoms with Gasteiger partial charge in [0.05, 0.1) is 11.4 Å². The Morgan fingerprint density at radius 2 is 1.81 bits per heavy atom. The fraction of sp³-hybridized carbons (Fsp3) is 0.316. The molecule has 0 aliphatic carbocycles. The molecule has 3 aromatic rings. The standard InChI is InChI=1S/C19H21N3O3S/c1-15-5-4-6-16(13-15)26(23,24)22-11-9-21(10-12-22)14-19-20-17-7-2-3-8-18(17)25-19/h2-8,13H,9-12,14H2,1H3. The number of benzene rings is 2. The highest BCUT2D eigenvalue weighted by Crippen LogP contribution is 2.20. The molecule has 1 aromatic heterocycles. The van der Waals surface area contributed by atoms with E-state index in [2.05, 4.69) is 9.88 Å². The number of aryl methyl sites for hydroxylation is 1. The first-order valence-electron chi connectivity index (χ1n) is 8.66. The third-order valence-electron chi connectivity index (χ3n) is 4.66. The summed E-state index contributed by atoms with van der Waals surface area (Å²) in [5.41, 5.74) is 2.58. The van der Waals surface area contributed by atoms with Gasteiger partial charge in [0.1, 0.15) is 5.52 Å². The maximum absolute atomic E-state index is 12.8. The molecule has 0 unspecified atom stereocenters. The van der Waals surface area contributed by atoms with Crippen LogP contribution < -0.4 is 0 Å². The predicted molar refractivity (Wildman–Crippen MR) is 99.2 cm³/mol. The van der Waals surface area contributed by atoms with Gasteiger partial charge in [-0.2, -0.15) is 4.31 Å². The molecule has 0 radical (unpaired) electrons. The quantitative estimate of drug-likeness (QED) is 0.705. The molecule has 1 aliphatic heterocycles. The molecule has 1 saturated heterocycles. The van der Waals surface area contributed by atoms with E-state index in [0.29, 0.717) is 43.5 Å². The number of oxazole rings is 1. The van der Waals surface area contributed by atoms with Crippen LogP contribution in [0, 0.1) is 6.92 Å². The number of sulfonamides is 1. The molecule has 0 spiro atoms. The molecule has 0 N–H and O–H groups in total. The molecule has 0 saturated carbocycles. The molecule has 4 rings (SSSR count). The summed E-state index contributed by atoms with van der Waals surface area (Å²) in [4.78, 5) is 7.03. The van der Waals surface area contributed by atoms with Crippen molar-refractivity contribution in [1.82, 2.24) is 14.2 Å². The SMILES string of the molecule is Cc1cccc(S(=O)(=O)N2CCN(Cc3nc4ccccc4o3)CC2)c1. The normalized spacial score (nSPS) is 17.0. The summed E-state index contributed by atoms with van der Waals surface area (Å²) in [5, 5.41) is 0. The Hall–Kier alpha value is -2.22. The van der Waals surface area contributed by atoms with Gasteiger partial charge in [-0.15, -0.1) is 0 Å². The Labute approximate surface area is 153 Å². The zero-order valence-electron chi connectivity index (χ0n) is 14.6. The maximum atomic E-state index is 12.8. The van der Waals surface area contributed by atoms with Crippen LogP contribution in [0.1, 0.15) is 11.5 Å². The number of para-hydroxylation sites is 2. The average molecular weight is 371 g/mol. The number of rotatable bonds is 4. The van der Waals surface area contributed by atoms with Crippen LogP contribution in [-0.2, 0) is 16.6 Å². The number of piperazine rings is 1. The predicted octanol–water partition coefficient (Wildman–Crippen LogP) is 2.64. The molecule has 136 valence electrons. The van der Waals surface area contributed by atoms with Gasteiger partial charge < -0.3 is 4.42 Å². The van der Waals surface area contributed by atoms with Gasteiger partial charge in [-0.25, -0.2) is 13.4 Å². The molecular weight excluding hydrogens is 350 g/mol. The summed E-state index contributed by atoms with van der Waals surface area (Å²) in [6, 6.07) is 14.7. The Kier molecular flexibility index (Phi) is 4.52. The summed E-state index contributed by atoms with van der Waals surface area (Å²) in [7, 11) is -3.43. The zero-order valence-corrected chi connectivity index (χ0v) is 15.4. The molecule has 1 aliphatic rings. The first kappa shape index (κ1) is 17.2. The maximum Gasteiger partial charge on any atom is 0.243 e. The van der Waals surface area contributed by atoms with Gasteiger partial charge in [-0.3, -0.25) is 4.90 Å². The van der Waals surface area contributed by atoms with Crippen LogP contribution in [0.2, 0.25) is 0 Å². The minimum Gasteiger partial charge on any atom is -0.439 e. The molecule has 0 atom stereocenters. The van der Waals surface area contributed by atoms with Crippen LogP contribution >= 0.6 is 0 Å². The van der Waals surface area contributed by atoms with Crippen molar-refractivity contribution in [2.75, 3.05) is 26.2 Å². The highest BCUT2D eigenvalue weighted by atomic mass is 32.2. The second-order valence-electron chi connectivity index (χ2n) is 6.57. The molecule has 2 heterocycles. The minimum absolute atomic E-state index is 0.366. The van der Waals surface area contributed by atoms with E-state index in [1.165, 1.54) is 0 Å². The van der Waals surface area contributed by atoms with Gasteiger partial charge in [0.25, 0.3) is 0 Å². The van der Waals surface area contributed by atoms with Gasteiger partial charge in [-0.1, -0.05) is 24.3 Å². The largest absolute Gasteiger partial charge is 0.439 e. The number of hydrogen-bond acceptors (Lipinski definition) is 5. The van der Waals surface area contributed by atoms with Gasteiger partial charge in [0, 0.05) is 26.2 Å². The summed E-state index contributed by atoms with van der Waals surface area (Å²) >= 11 is 0. The minimum atomic E-state index is -3.43. The van der Waals surface area contributed by atoms with Crippen molar-refractivity contribution in [3.8, 4) is 0 Å². The van der Waals surface area contributed by atoms with Gasteiger partial charge in [0.15, 0.2) is 5.58 Å².